The Balaban J connectivity index is 2.73. The highest BCUT2D eigenvalue weighted by Crippen LogP contribution is 2.22. The molecule has 16 heavy (non-hydrogen) atoms. The lowest BCUT2D eigenvalue weighted by atomic mass is 10.0. The number of aliphatic carboxylic acids is 1. The quantitative estimate of drug-likeness (QED) is 0.410. The second-order valence-corrected chi connectivity index (χ2v) is 4.19. The van der Waals surface area contributed by atoms with Crippen LogP contribution in [-0.2, 0) is 24.1 Å². The minimum Gasteiger partial charge on any atom is -0.479 e. The highest BCUT2D eigenvalue weighted by atomic mass is 32.3. The molecule has 0 radical (unpaired) electrons. The molecule has 0 amide bonds. The van der Waals surface area contributed by atoms with E-state index in [4.69, 9.17) is 9.66 Å². The van der Waals surface area contributed by atoms with Gasteiger partial charge >= 0.3 is 16.4 Å². The fourth-order valence-corrected chi connectivity index (χ4v) is 1.76. The van der Waals surface area contributed by atoms with E-state index in [-0.39, 0.29) is 0 Å². The maximum absolute atomic E-state index is 10.5. The molecule has 1 rings (SSSR count). The summed E-state index contributed by atoms with van der Waals surface area (Å²) in [6.07, 6.45) is -7.25. The van der Waals surface area contributed by atoms with Gasteiger partial charge in [-0.2, -0.15) is 8.42 Å². The molecule has 1 aliphatic rings. The Morgan fingerprint density at radius 1 is 1.38 bits per heavy atom. The van der Waals surface area contributed by atoms with Crippen LogP contribution in [0.2, 0.25) is 0 Å². The van der Waals surface area contributed by atoms with Crippen molar-refractivity contribution in [3.05, 3.63) is 0 Å². The number of carboxylic acids is 1. The predicted molar refractivity (Wildman–Crippen MR) is 45.6 cm³/mol. The normalized spacial score (nSPS) is 35.9. The summed E-state index contributed by atoms with van der Waals surface area (Å²) in [5, 5.41) is 27.0. The minimum absolute atomic E-state index is 0.466. The van der Waals surface area contributed by atoms with Crippen LogP contribution in [0.5, 0.6) is 0 Å². The summed E-state index contributed by atoms with van der Waals surface area (Å²) >= 11 is 0. The van der Waals surface area contributed by atoms with Crippen molar-refractivity contribution in [2.24, 2.45) is 0 Å². The van der Waals surface area contributed by atoms with Crippen LogP contribution in [0, 0.1) is 0 Å². The standard InChI is InChI=1S/C6H10O9S/c7-2-1-3(5(8)9)14-6(10)4(2)15-16(11,12)13/h2-4,6-7,10H,1H2,(H,8,9)(H,11,12,13)/t2-,3+,4+,6+/m0/s1. The molecule has 4 N–H and O–H groups in total. The van der Waals surface area contributed by atoms with Crippen LogP contribution in [0.3, 0.4) is 0 Å². The van der Waals surface area contributed by atoms with Gasteiger partial charge in [0.1, 0.15) is 0 Å². The zero-order valence-corrected chi connectivity index (χ0v) is 8.57. The molecule has 1 fully saturated rings. The number of rotatable bonds is 3. The maximum Gasteiger partial charge on any atom is 0.397 e. The van der Waals surface area contributed by atoms with Crippen LogP contribution in [0.15, 0.2) is 0 Å². The van der Waals surface area contributed by atoms with Crippen LogP contribution in [0.25, 0.3) is 0 Å². The molecule has 4 atom stereocenters. The van der Waals surface area contributed by atoms with Crippen molar-refractivity contribution in [2.75, 3.05) is 0 Å². The molecular formula is C6H10O9S. The topological polar surface area (TPSA) is 151 Å². The molecule has 1 aliphatic heterocycles. The monoisotopic (exact) mass is 258 g/mol. The lowest BCUT2D eigenvalue weighted by Crippen LogP contribution is -2.52. The Kier molecular flexibility index (Phi) is 3.83. The van der Waals surface area contributed by atoms with Crippen LogP contribution >= 0.6 is 0 Å². The van der Waals surface area contributed by atoms with Crippen molar-refractivity contribution < 1.29 is 42.0 Å². The number of carbonyl (C=O) groups is 1. The molecule has 1 heterocycles. The van der Waals surface area contributed by atoms with Crippen molar-refractivity contribution in [2.45, 2.75) is 31.0 Å². The van der Waals surface area contributed by atoms with Crippen LogP contribution in [0.1, 0.15) is 6.42 Å². The first-order valence-electron chi connectivity index (χ1n) is 4.11. The molecule has 0 unspecified atom stereocenters. The van der Waals surface area contributed by atoms with Gasteiger partial charge in [0, 0.05) is 6.42 Å². The smallest absolute Gasteiger partial charge is 0.397 e. The van der Waals surface area contributed by atoms with Crippen molar-refractivity contribution in [1.82, 2.24) is 0 Å². The zero-order valence-electron chi connectivity index (χ0n) is 7.75. The molecule has 10 heteroatoms. The van der Waals surface area contributed by atoms with Crippen molar-refractivity contribution in [3.8, 4) is 0 Å². The van der Waals surface area contributed by atoms with Crippen LogP contribution < -0.4 is 0 Å². The summed E-state index contributed by atoms with van der Waals surface area (Å²) < 4.78 is 37.4. The SMILES string of the molecule is O=C(O)[C@H]1C[C@H](O)[C@@H](OS(=O)(=O)O)[C@H](O)O1. The third-order valence-electron chi connectivity index (χ3n) is 1.93. The van der Waals surface area contributed by atoms with Crippen LogP contribution in [-0.4, -0.2) is 58.9 Å². The Hall–Kier alpha value is -0.780. The number of hydrogen-bond donors (Lipinski definition) is 4. The van der Waals surface area contributed by atoms with Gasteiger partial charge in [-0.15, -0.1) is 0 Å². The molecule has 0 aromatic carbocycles. The number of ether oxygens (including phenoxy) is 1. The fraction of sp³-hybridized carbons (Fsp3) is 0.833. The lowest BCUT2D eigenvalue weighted by Gasteiger charge is -2.33. The molecule has 0 spiro atoms. The zero-order chi connectivity index (χ0) is 12.5. The Morgan fingerprint density at radius 3 is 2.31 bits per heavy atom. The summed E-state index contributed by atoms with van der Waals surface area (Å²) in [4.78, 5) is 10.5. The van der Waals surface area contributed by atoms with E-state index in [9.17, 15) is 23.4 Å². The fourth-order valence-electron chi connectivity index (χ4n) is 1.26. The number of aliphatic hydroxyl groups excluding tert-OH is 2. The first-order valence-corrected chi connectivity index (χ1v) is 5.47. The van der Waals surface area contributed by atoms with E-state index in [0.29, 0.717) is 0 Å². The molecule has 0 aromatic rings. The highest BCUT2D eigenvalue weighted by Gasteiger charge is 2.42. The van der Waals surface area contributed by atoms with Gasteiger partial charge in [0.2, 0.25) is 0 Å². The van der Waals surface area contributed by atoms with Crippen LogP contribution in [0.4, 0.5) is 0 Å². The van der Waals surface area contributed by atoms with E-state index in [1.165, 1.54) is 0 Å². The number of hydrogen-bond acceptors (Lipinski definition) is 7. The van der Waals surface area contributed by atoms with Crippen molar-refractivity contribution in [1.29, 1.82) is 0 Å². The molecule has 94 valence electrons. The Labute approximate surface area is 90.2 Å². The van der Waals surface area contributed by atoms with E-state index in [1.54, 1.807) is 0 Å². The highest BCUT2D eigenvalue weighted by molar-refractivity contribution is 7.80. The summed E-state index contributed by atoms with van der Waals surface area (Å²) in [5.74, 6) is -1.41. The summed E-state index contributed by atoms with van der Waals surface area (Å²) in [6.45, 7) is 0. The molecule has 0 aromatic heterocycles. The van der Waals surface area contributed by atoms with Gasteiger partial charge in [-0.1, -0.05) is 0 Å². The molecular weight excluding hydrogens is 248 g/mol. The average Bonchev–Trinajstić information content (AvgIpc) is 2.09. The van der Waals surface area contributed by atoms with Crippen molar-refractivity contribution in [3.63, 3.8) is 0 Å². The Morgan fingerprint density at radius 2 is 1.94 bits per heavy atom. The van der Waals surface area contributed by atoms with E-state index >= 15 is 0 Å². The van der Waals surface area contributed by atoms with Gasteiger partial charge in [0.15, 0.2) is 18.5 Å². The first-order chi connectivity index (χ1) is 7.20. The van der Waals surface area contributed by atoms with Gasteiger partial charge in [0.05, 0.1) is 6.10 Å². The molecule has 0 aliphatic carbocycles. The number of aliphatic hydroxyl groups is 2. The third-order valence-corrected chi connectivity index (χ3v) is 2.39. The Bertz CT molecular complexity index is 350. The third kappa shape index (κ3) is 3.37. The molecule has 0 saturated carbocycles. The van der Waals surface area contributed by atoms with Gasteiger partial charge in [0.25, 0.3) is 0 Å². The van der Waals surface area contributed by atoms with E-state index < -0.39 is 47.4 Å². The second kappa shape index (κ2) is 4.61. The predicted octanol–water partition coefficient (Wildman–Crippen LogP) is -2.27. The summed E-state index contributed by atoms with van der Waals surface area (Å²) in [5.41, 5.74) is 0. The van der Waals surface area contributed by atoms with Gasteiger partial charge in [-0.05, 0) is 0 Å². The minimum atomic E-state index is -4.87. The molecule has 9 nitrogen and oxygen atoms in total. The molecule has 0 bridgehead atoms. The van der Waals surface area contributed by atoms with Gasteiger partial charge in [-0.3, -0.25) is 4.55 Å². The largest absolute Gasteiger partial charge is 0.479 e. The summed E-state index contributed by atoms with van der Waals surface area (Å²) in [7, 11) is -4.87. The van der Waals surface area contributed by atoms with Gasteiger partial charge in [-0.25, -0.2) is 8.98 Å². The maximum atomic E-state index is 10.5. The second-order valence-electron chi connectivity index (χ2n) is 3.15. The van der Waals surface area contributed by atoms with E-state index in [2.05, 4.69) is 8.92 Å². The summed E-state index contributed by atoms with van der Waals surface area (Å²) in [6, 6.07) is 0. The van der Waals surface area contributed by atoms with Gasteiger partial charge < -0.3 is 20.1 Å². The first kappa shape index (κ1) is 13.3. The number of carboxylic acid groups (broad SMARTS) is 1. The van der Waals surface area contributed by atoms with Crippen molar-refractivity contribution >= 4 is 16.4 Å². The van der Waals surface area contributed by atoms with E-state index in [1.807, 2.05) is 0 Å². The molecule has 1 saturated heterocycles. The van der Waals surface area contributed by atoms with E-state index in [0.717, 1.165) is 0 Å². The average molecular weight is 258 g/mol. The lowest BCUT2D eigenvalue weighted by molar-refractivity contribution is -0.242.